The fourth-order valence-corrected chi connectivity index (χ4v) is 1.96. The third-order valence-electron chi connectivity index (χ3n) is 1.71. The summed E-state index contributed by atoms with van der Waals surface area (Å²) in [7, 11) is 1.27. The number of carbonyl (C=O) groups is 2. The number of nitrogens with zero attached hydrogens (tertiary/aromatic N) is 1. The summed E-state index contributed by atoms with van der Waals surface area (Å²) in [5.41, 5.74) is 0.752. The molecule has 1 amide bonds. The molecule has 5 nitrogen and oxygen atoms in total. The maximum absolute atomic E-state index is 11.3. The number of alkyl halides is 1. The van der Waals surface area contributed by atoms with Crippen LogP contribution in [0.5, 0.6) is 0 Å². The zero-order chi connectivity index (χ0) is 12.0. The minimum Gasteiger partial charge on any atom is -0.468 e. The number of esters is 1. The van der Waals surface area contributed by atoms with Crippen LogP contribution in [0, 0.1) is 0 Å². The lowest BCUT2D eigenvalue weighted by Gasteiger charge is -2.01. The molecule has 0 aliphatic carbocycles. The highest BCUT2D eigenvalue weighted by Crippen LogP contribution is 2.11. The molecule has 7 heteroatoms. The monoisotopic (exact) mass is 262 g/mol. The Morgan fingerprint density at radius 1 is 1.62 bits per heavy atom. The Morgan fingerprint density at radius 3 is 2.94 bits per heavy atom. The van der Waals surface area contributed by atoms with Crippen molar-refractivity contribution in [1.82, 2.24) is 10.3 Å². The highest BCUT2D eigenvalue weighted by molar-refractivity contribution is 7.09. The zero-order valence-corrected chi connectivity index (χ0v) is 10.2. The predicted molar refractivity (Wildman–Crippen MR) is 60.4 cm³/mol. The van der Waals surface area contributed by atoms with Crippen LogP contribution in [0.15, 0.2) is 5.38 Å². The summed E-state index contributed by atoms with van der Waals surface area (Å²) in [6.07, 6.45) is 0.151. The molecule has 1 rings (SSSR count). The topological polar surface area (TPSA) is 68.3 Å². The van der Waals surface area contributed by atoms with Crippen LogP contribution in [0.4, 0.5) is 0 Å². The largest absolute Gasteiger partial charge is 0.468 e. The van der Waals surface area contributed by atoms with Crippen molar-refractivity contribution in [2.24, 2.45) is 0 Å². The van der Waals surface area contributed by atoms with E-state index in [0.29, 0.717) is 10.9 Å². The molecule has 88 valence electrons. The smallest absolute Gasteiger partial charge is 0.325 e. The van der Waals surface area contributed by atoms with Crippen LogP contribution in [0.1, 0.15) is 10.7 Å². The Kier molecular flexibility index (Phi) is 5.21. The summed E-state index contributed by atoms with van der Waals surface area (Å²) in [5, 5.41) is 4.91. The van der Waals surface area contributed by atoms with E-state index in [1.165, 1.54) is 18.4 Å². The molecule has 0 saturated heterocycles. The number of ether oxygens (including phenoxy) is 1. The first kappa shape index (κ1) is 12.9. The van der Waals surface area contributed by atoms with E-state index in [-0.39, 0.29) is 18.9 Å². The van der Waals surface area contributed by atoms with Gasteiger partial charge in [0.05, 0.1) is 25.1 Å². The standard InChI is InChI=1S/C9H11ClN2O3S/c1-15-9(14)4-11-7(13)2-8-12-6(3-10)5-16-8/h5H,2-4H2,1H3,(H,11,13). The van der Waals surface area contributed by atoms with Crippen molar-refractivity contribution in [1.29, 1.82) is 0 Å². The quantitative estimate of drug-likeness (QED) is 0.627. The van der Waals surface area contributed by atoms with Gasteiger partial charge in [-0.15, -0.1) is 22.9 Å². The fraction of sp³-hybridized carbons (Fsp3) is 0.444. The second-order valence-corrected chi connectivity index (χ2v) is 4.11. The van der Waals surface area contributed by atoms with Gasteiger partial charge in [-0.1, -0.05) is 0 Å². The lowest BCUT2D eigenvalue weighted by atomic mass is 10.4. The first-order valence-corrected chi connectivity index (χ1v) is 5.90. The van der Waals surface area contributed by atoms with Gasteiger partial charge in [-0.2, -0.15) is 0 Å². The Morgan fingerprint density at radius 2 is 2.38 bits per heavy atom. The number of halogens is 1. The molecule has 0 atom stereocenters. The minimum atomic E-state index is -0.478. The number of hydrogen-bond donors (Lipinski definition) is 1. The van der Waals surface area contributed by atoms with Gasteiger partial charge in [-0.25, -0.2) is 4.98 Å². The van der Waals surface area contributed by atoms with E-state index in [9.17, 15) is 9.59 Å². The van der Waals surface area contributed by atoms with Crippen molar-refractivity contribution in [2.45, 2.75) is 12.3 Å². The molecule has 0 aliphatic rings. The highest BCUT2D eigenvalue weighted by atomic mass is 35.5. The molecule has 16 heavy (non-hydrogen) atoms. The Balaban J connectivity index is 2.36. The van der Waals surface area contributed by atoms with Crippen LogP contribution < -0.4 is 5.32 Å². The molecular weight excluding hydrogens is 252 g/mol. The molecule has 0 bridgehead atoms. The number of aromatic nitrogens is 1. The summed E-state index contributed by atoms with van der Waals surface area (Å²) in [6, 6.07) is 0. The van der Waals surface area contributed by atoms with E-state index >= 15 is 0 Å². The third-order valence-corrected chi connectivity index (χ3v) is 2.88. The number of carbonyl (C=O) groups excluding carboxylic acids is 2. The van der Waals surface area contributed by atoms with E-state index in [1.54, 1.807) is 5.38 Å². The minimum absolute atomic E-state index is 0.122. The predicted octanol–water partition coefficient (Wildman–Crippen LogP) is 0.714. The van der Waals surface area contributed by atoms with E-state index in [1.807, 2.05) is 0 Å². The number of rotatable bonds is 5. The number of thiazole rings is 1. The van der Waals surface area contributed by atoms with Crippen molar-refractivity contribution >= 4 is 34.8 Å². The molecular formula is C9H11ClN2O3S. The highest BCUT2D eigenvalue weighted by Gasteiger charge is 2.09. The second kappa shape index (κ2) is 6.44. The average molecular weight is 263 g/mol. The fourth-order valence-electron chi connectivity index (χ4n) is 0.934. The van der Waals surface area contributed by atoms with Crippen molar-refractivity contribution < 1.29 is 14.3 Å². The Bertz CT molecular complexity index is 381. The molecule has 0 fully saturated rings. The van der Waals surface area contributed by atoms with Gasteiger partial charge in [0.1, 0.15) is 11.6 Å². The first-order chi connectivity index (χ1) is 7.65. The lowest BCUT2D eigenvalue weighted by molar-refractivity contribution is -0.141. The van der Waals surface area contributed by atoms with Crippen molar-refractivity contribution in [3.8, 4) is 0 Å². The Labute approximate surface area is 102 Å². The summed E-state index contributed by atoms with van der Waals surface area (Å²) in [5.74, 6) is -0.407. The molecule has 1 N–H and O–H groups in total. The van der Waals surface area contributed by atoms with Gasteiger partial charge in [0, 0.05) is 5.38 Å². The summed E-state index contributed by atoms with van der Waals surface area (Å²) >= 11 is 6.95. The molecule has 0 spiro atoms. The number of nitrogens with one attached hydrogen (secondary N) is 1. The Hall–Kier alpha value is -1.14. The van der Waals surface area contributed by atoms with E-state index in [0.717, 1.165) is 5.69 Å². The summed E-state index contributed by atoms with van der Waals surface area (Å²) in [6.45, 7) is -0.122. The maximum atomic E-state index is 11.3. The van der Waals surface area contributed by atoms with Crippen LogP contribution in [-0.4, -0.2) is 30.5 Å². The molecule has 0 aromatic carbocycles. The van der Waals surface area contributed by atoms with E-state index in [2.05, 4.69) is 15.0 Å². The number of methoxy groups -OCH3 is 1. The normalized spacial score (nSPS) is 9.88. The zero-order valence-electron chi connectivity index (χ0n) is 8.66. The van der Waals surface area contributed by atoms with Crippen LogP contribution in [0.3, 0.4) is 0 Å². The van der Waals surface area contributed by atoms with Crippen molar-refractivity contribution in [2.75, 3.05) is 13.7 Å². The average Bonchev–Trinajstić information content (AvgIpc) is 2.73. The SMILES string of the molecule is COC(=O)CNC(=O)Cc1nc(CCl)cs1. The van der Waals surface area contributed by atoms with Gasteiger partial charge in [0.2, 0.25) is 5.91 Å². The lowest BCUT2D eigenvalue weighted by Crippen LogP contribution is -2.31. The number of hydrogen-bond acceptors (Lipinski definition) is 5. The molecule has 0 radical (unpaired) electrons. The number of amides is 1. The molecule has 0 saturated carbocycles. The summed E-state index contributed by atoms with van der Waals surface area (Å²) < 4.78 is 4.39. The van der Waals surface area contributed by atoms with Gasteiger partial charge < -0.3 is 10.1 Å². The maximum Gasteiger partial charge on any atom is 0.325 e. The van der Waals surface area contributed by atoms with E-state index in [4.69, 9.17) is 11.6 Å². The first-order valence-electron chi connectivity index (χ1n) is 4.48. The van der Waals surface area contributed by atoms with Gasteiger partial charge in [0.15, 0.2) is 0 Å². The van der Waals surface area contributed by atoms with Crippen LogP contribution in [-0.2, 0) is 26.6 Å². The van der Waals surface area contributed by atoms with Gasteiger partial charge in [-0.05, 0) is 0 Å². The molecule has 0 aliphatic heterocycles. The summed E-state index contributed by atoms with van der Waals surface area (Å²) in [4.78, 5) is 26.2. The van der Waals surface area contributed by atoms with Gasteiger partial charge in [-0.3, -0.25) is 9.59 Å². The van der Waals surface area contributed by atoms with Gasteiger partial charge >= 0.3 is 5.97 Å². The van der Waals surface area contributed by atoms with Crippen molar-refractivity contribution in [3.05, 3.63) is 16.1 Å². The van der Waals surface area contributed by atoms with Crippen LogP contribution in [0.2, 0.25) is 0 Å². The molecule has 1 aromatic heterocycles. The van der Waals surface area contributed by atoms with Crippen molar-refractivity contribution in [3.63, 3.8) is 0 Å². The van der Waals surface area contributed by atoms with Crippen LogP contribution in [0.25, 0.3) is 0 Å². The molecule has 1 aromatic rings. The molecule has 1 heterocycles. The second-order valence-electron chi connectivity index (χ2n) is 2.90. The van der Waals surface area contributed by atoms with Crippen LogP contribution >= 0.6 is 22.9 Å². The third kappa shape index (κ3) is 4.16. The van der Waals surface area contributed by atoms with Gasteiger partial charge in [0.25, 0.3) is 0 Å². The molecule has 0 unspecified atom stereocenters. The van der Waals surface area contributed by atoms with E-state index < -0.39 is 5.97 Å².